The number of hydrogen-bond donors (Lipinski definition) is 2. The number of phenols is 1. The van der Waals surface area contributed by atoms with E-state index >= 15 is 0 Å². The molecule has 0 aliphatic carbocycles. The summed E-state index contributed by atoms with van der Waals surface area (Å²) >= 11 is 0. The van der Waals surface area contributed by atoms with E-state index in [0.29, 0.717) is 24.3 Å². The van der Waals surface area contributed by atoms with Gasteiger partial charge in [0, 0.05) is 19.6 Å². The molecule has 0 saturated carbocycles. The summed E-state index contributed by atoms with van der Waals surface area (Å²) in [5.74, 6) is 0.772. The Morgan fingerprint density at radius 1 is 0.968 bits per heavy atom. The van der Waals surface area contributed by atoms with Gasteiger partial charge < -0.3 is 20.1 Å². The van der Waals surface area contributed by atoms with Crippen molar-refractivity contribution in [2.75, 3.05) is 31.6 Å². The Balaban J connectivity index is 2.10. The summed E-state index contributed by atoms with van der Waals surface area (Å²) in [6.45, 7) is 6.89. The predicted molar refractivity (Wildman–Crippen MR) is 128 cm³/mol. The lowest BCUT2D eigenvalue weighted by atomic mass is 10.1. The van der Waals surface area contributed by atoms with Crippen molar-refractivity contribution in [1.29, 1.82) is 0 Å². The molecule has 0 saturated heterocycles. The van der Waals surface area contributed by atoms with Crippen LogP contribution in [0.15, 0.2) is 42.5 Å². The second kappa shape index (κ2) is 13.6. The van der Waals surface area contributed by atoms with Gasteiger partial charge in [0.15, 0.2) is 5.75 Å². The third-order valence-electron chi connectivity index (χ3n) is 5.48. The van der Waals surface area contributed by atoms with E-state index in [9.17, 15) is 9.90 Å². The van der Waals surface area contributed by atoms with E-state index in [0.717, 1.165) is 37.2 Å². The fourth-order valence-electron chi connectivity index (χ4n) is 3.70. The van der Waals surface area contributed by atoms with Crippen LogP contribution in [-0.2, 0) is 6.42 Å². The van der Waals surface area contributed by atoms with Gasteiger partial charge in [-0.05, 0) is 49.1 Å². The van der Waals surface area contributed by atoms with Gasteiger partial charge in [-0.1, -0.05) is 57.7 Å². The van der Waals surface area contributed by atoms with Crippen LogP contribution in [0.2, 0.25) is 0 Å². The monoisotopic (exact) mass is 426 g/mol. The van der Waals surface area contributed by atoms with Gasteiger partial charge in [0.25, 0.3) is 5.91 Å². The van der Waals surface area contributed by atoms with Crippen LogP contribution in [-0.4, -0.2) is 37.8 Å². The van der Waals surface area contributed by atoms with Crippen molar-refractivity contribution in [2.24, 2.45) is 0 Å². The van der Waals surface area contributed by atoms with Crippen LogP contribution >= 0.6 is 0 Å². The molecule has 0 bridgehead atoms. The number of carbonyl (C=O) groups is 1. The normalized spacial score (nSPS) is 10.7. The molecular formula is C26H38N2O3. The molecule has 0 atom stereocenters. The second-order valence-corrected chi connectivity index (χ2v) is 7.93. The van der Waals surface area contributed by atoms with Crippen LogP contribution in [0.1, 0.15) is 68.3 Å². The Kier molecular flexibility index (Phi) is 10.8. The Hall–Kier alpha value is -2.69. The van der Waals surface area contributed by atoms with Gasteiger partial charge >= 0.3 is 0 Å². The number of methoxy groups -OCH3 is 1. The predicted octanol–water partition coefficient (Wildman–Crippen LogP) is 5.56. The number of amides is 1. The molecule has 2 rings (SSSR count). The van der Waals surface area contributed by atoms with Crippen LogP contribution in [0.3, 0.4) is 0 Å². The van der Waals surface area contributed by atoms with Crippen LogP contribution in [0, 0.1) is 0 Å². The molecule has 0 aliphatic rings. The lowest BCUT2D eigenvalue weighted by Crippen LogP contribution is -2.29. The zero-order chi connectivity index (χ0) is 22.5. The van der Waals surface area contributed by atoms with E-state index in [1.54, 1.807) is 19.2 Å². The molecule has 0 aromatic heterocycles. The molecule has 31 heavy (non-hydrogen) atoms. The lowest BCUT2D eigenvalue weighted by Gasteiger charge is -2.27. The molecule has 2 aromatic rings. The standard InChI is InChI=1S/C26H38N2O3/c1-4-6-8-19-28(20-9-7-5-2)24-12-10-11-23(25(24)31-3)26(30)27-18-17-21-13-15-22(29)16-14-21/h10-16,29H,4-9,17-20H2,1-3H3,(H,27,30). The maximum absolute atomic E-state index is 12.9. The van der Waals surface area contributed by atoms with E-state index < -0.39 is 0 Å². The quantitative estimate of drug-likeness (QED) is 0.388. The highest BCUT2D eigenvalue weighted by atomic mass is 16.5. The fourth-order valence-corrected chi connectivity index (χ4v) is 3.70. The summed E-state index contributed by atoms with van der Waals surface area (Å²) in [7, 11) is 1.64. The van der Waals surface area contributed by atoms with Gasteiger partial charge in [-0.25, -0.2) is 0 Å². The zero-order valence-corrected chi connectivity index (χ0v) is 19.3. The first-order valence-electron chi connectivity index (χ1n) is 11.6. The van der Waals surface area contributed by atoms with Crippen molar-refractivity contribution in [2.45, 2.75) is 58.8 Å². The fraction of sp³-hybridized carbons (Fsp3) is 0.500. The number of nitrogens with zero attached hydrogens (tertiary/aromatic N) is 1. The number of ether oxygens (including phenoxy) is 1. The first-order chi connectivity index (χ1) is 15.1. The molecule has 0 radical (unpaired) electrons. The molecule has 0 spiro atoms. The minimum atomic E-state index is -0.125. The van der Waals surface area contributed by atoms with Crippen molar-refractivity contribution in [3.05, 3.63) is 53.6 Å². The number of carbonyl (C=O) groups excluding carboxylic acids is 1. The van der Waals surface area contributed by atoms with Gasteiger partial charge in [0.1, 0.15) is 5.75 Å². The van der Waals surface area contributed by atoms with Gasteiger partial charge in [-0.15, -0.1) is 0 Å². The summed E-state index contributed by atoms with van der Waals surface area (Å²) in [5, 5.41) is 12.4. The number of benzene rings is 2. The van der Waals surface area contributed by atoms with Crippen molar-refractivity contribution < 1.29 is 14.6 Å². The summed E-state index contributed by atoms with van der Waals surface area (Å²) in [4.78, 5) is 15.3. The molecule has 0 fully saturated rings. The number of unbranched alkanes of at least 4 members (excludes halogenated alkanes) is 4. The van der Waals surface area contributed by atoms with E-state index in [-0.39, 0.29) is 11.7 Å². The molecule has 5 heteroatoms. The third kappa shape index (κ3) is 7.82. The van der Waals surface area contributed by atoms with E-state index in [1.165, 1.54) is 25.7 Å². The number of nitrogens with one attached hydrogen (secondary N) is 1. The molecule has 0 aliphatic heterocycles. The Morgan fingerprint density at radius 3 is 2.19 bits per heavy atom. The molecule has 170 valence electrons. The van der Waals surface area contributed by atoms with Crippen molar-refractivity contribution in [3.8, 4) is 11.5 Å². The highest BCUT2D eigenvalue weighted by Crippen LogP contribution is 2.32. The number of anilines is 1. The summed E-state index contributed by atoms with van der Waals surface area (Å²) in [6, 6.07) is 12.9. The molecular weight excluding hydrogens is 388 g/mol. The zero-order valence-electron chi connectivity index (χ0n) is 19.3. The average Bonchev–Trinajstić information content (AvgIpc) is 2.79. The molecule has 0 heterocycles. The van der Waals surface area contributed by atoms with Crippen LogP contribution in [0.5, 0.6) is 11.5 Å². The van der Waals surface area contributed by atoms with Crippen LogP contribution in [0.4, 0.5) is 5.69 Å². The highest BCUT2D eigenvalue weighted by molar-refractivity contribution is 5.99. The van der Waals surface area contributed by atoms with Crippen molar-refractivity contribution >= 4 is 11.6 Å². The smallest absolute Gasteiger partial charge is 0.255 e. The molecule has 2 N–H and O–H groups in total. The summed E-state index contributed by atoms with van der Waals surface area (Å²) in [5.41, 5.74) is 2.64. The largest absolute Gasteiger partial charge is 0.508 e. The maximum Gasteiger partial charge on any atom is 0.255 e. The topological polar surface area (TPSA) is 61.8 Å². The highest BCUT2D eigenvalue weighted by Gasteiger charge is 2.19. The van der Waals surface area contributed by atoms with Gasteiger partial charge in [-0.2, -0.15) is 0 Å². The number of phenolic OH excluding ortho intramolecular Hbond substituents is 1. The molecule has 1 amide bonds. The van der Waals surface area contributed by atoms with Crippen molar-refractivity contribution in [1.82, 2.24) is 5.32 Å². The van der Waals surface area contributed by atoms with Crippen LogP contribution in [0.25, 0.3) is 0 Å². The first kappa shape index (κ1) is 24.6. The molecule has 5 nitrogen and oxygen atoms in total. The van der Waals surface area contributed by atoms with Gasteiger partial charge in [0.05, 0.1) is 18.4 Å². The van der Waals surface area contributed by atoms with Gasteiger partial charge in [-0.3, -0.25) is 4.79 Å². The average molecular weight is 427 g/mol. The minimum absolute atomic E-state index is 0.125. The summed E-state index contributed by atoms with van der Waals surface area (Å²) in [6.07, 6.45) is 7.73. The van der Waals surface area contributed by atoms with E-state index in [4.69, 9.17) is 4.74 Å². The molecule has 0 unspecified atom stereocenters. The molecule has 2 aromatic carbocycles. The van der Waals surface area contributed by atoms with Crippen LogP contribution < -0.4 is 15.0 Å². The third-order valence-corrected chi connectivity index (χ3v) is 5.48. The van der Waals surface area contributed by atoms with Crippen molar-refractivity contribution in [3.63, 3.8) is 0 Å². The Labute approximate surface area is 187 Å². The lowest BCUT2D eigenvalue weighted by molar-refractivity contribution is 0.0951. The SMILES string of the molecule is CCCCCN(CCCCC)c1cccc(C(=O)NCCc2ccc(O)cc2)c1OC. The summed E-state index contributed by atoms with van der Waals surface area (Å²) < 4.78 is 5.74. The number of rotatable bonds is 14. The van der Waals surface area contributed by atoms with E-state index in [1.807, 2.05) is 24.3 Å². The number of aromatic hydroxyl groups is 1. The second-order valence-electron chi connectivity index (χ2n) is 7.93. The Morgan fingerprint density at radius 2 is 1.61 bits per heavy atom. The maximum atomic E-state index is 12.9. The number of para-hydroxylation sites is 1. The number of hydrogen-bond acceptors (Lipinski definition) is 4. The Bertz CT molecular complexity index is 780. The van der Waals surface area contributed by atoms with Gasteiger partial charge in [0.2, 0.25) is 0 Å². The minimum Gasteiger partial charge on any atom is -0.508 e. The van der Waals surface area contributed by atoms with E-state index in [2.05, 4.69) is 30.1 Å². The first-order valence-corrected chi connectivity index (χ1v) is 11.6.